The second-order valence-electron chi connectivity index (χ2n) is 6.74. The Morgan fingerprint density at radius 3 is 1.15 bits per heavy atom. The number of alkyl halides is 13. The lowest BCUT2D eigenvalue weighted by Gasteiger charge is -2.45. The summed E-state index contributed by atoms with van der Waals surface area (Å²) in [5, 5.41) is 0. The third-order valence-corrected chi connectivity index (χ3v) is 7.78. The molecule has 0 spiro atoms. The van der Waals surface area contributed by atoms with Crippen LogP contribution in [0.5, 0.6) is 0 Å². The van der Waals surface area contributed by atoms with E-state index in [-0.39, 0.29) is 19.8 Å². The van der Waals surface area contributed by atoms with Gasteiger partial charge in [0.15, 0.2) is 0 Å². The molecule has 0 amide bonds. The van der Waals surface area contributed by atoms with Gasteiger partial charge in [-0.2, -0.15) is 57.1 Å². The summed E-state index contributed by atoms with van der Waals surface area (Å²) in [6.45, 7) is 4.19. The molecule has 0 saturated carbocycles. The Bertz CT molecular complexity index is 571. The van der Waals surface area contributed by atoms with E-state index >= 15 is 0 Å². The molecule has 0 aliphatic heterocycles. The first-order valence-corrected chi connectivity index (χ1v) is 11.4. The maximum Gasteiger partial charge on any atom is 0.500 e. The Labute approximate surface area is 181 Å². The van der Waals surface area contributed by atoms with Gasteiger partial charge in [-0.1, -0.05) is 6.42 Å². The Balaban J connectivity index is 6.26. The lowest BCUT2D eigenvalue weighted by atomic mass is 9.72. The van der Waals surface area contributed by atoms with Crippen molar-refractivity contribution in [3.63, 3.8) is 0 Å². The van der Waals surface area contributed by atoms with Crippen LogP contribution in [0.2, 0.25) is 6.04 Å². The van der Waals surface area contributed by atoms with Crippen LogP contribution in [-0.2, 0) is 13.3 Å². The van der Waals surface area contributed by atoms with Crippen LogP contribution in [0.4, 0.5) is 57.1 Å². The van der Waals surface area contributed by atoms with Crippen LogP contribution in [0.1, 0.15) is 40.0 Å². The maximum absolute atomic E-state index is 14.1. The van der Waals surface area contributed by atoms with E-state index in [4.69, 9.17) is 13.3 Å². The minimum absolute atomic E-state index is 0.0584. The molecule has 0 fully saturated rings. The van der Waals surface area contributed by atoms with Gasteiger partial charge in [0.1, 0.15) is 0 Å². The van der Waals surface area contributed by atoms with Crippen LogP contribution in [0, 0.1) is 5.41 Å². The molecule has 0 saturated heterocycles. The smallest absolute Gasteiger partial charge is 0.374 e. The third-order valence-electron chi connectivity index (χ3n) is 4.63. The molecule has 0 aromatic carbocycles. The molecule has 17 heteroatoms. The molecule has 33 heavy (non-hydrogen) atoms. The van der Waals surface area contributed by atoms with Crippen molar-refractivity contribution in [2.45, 2.75) is 76.5 Å². The first-order chi connectivity index (χ1) is 14.6. The molecule has 0 bridgehead atoms. The molecule has 0 aromatic rings. The Morgan fingerprint density at radius 2 is 0.879 bits per heavy atom. The minimum Gasteiger partial charge on any atom is -0.374 e. The van der Waals surface area contributed by atoms with Crippen molar-refractivity contribution < 1.29 is 70.4 Å². The molecular formula is C16H23F13O3Si. The van der Waals surface area contributed by atoms with Crippen molar-refractivity contribution >= 4 is 8.80 Å². The summed E-state index contributed by atoms with van der Waals surface area (Å²) in [4.78, 5) is 0. The fraction of sp³-hybridized carbons (Fsp3) is 1.00. The van der Waals surface area contributed by atoms with E-state index in [1.54, 1.807) is 0 Å². The molecule has 0 heterocycles. The van der Waals surface area contributed by atoms with Crippen molar-refractivity contribution in [1.82, 2.24) is 0 Å². The van der Waals surface area contributed by atoms with Gasteiger partial charge in [-0.25, -0.2) is 0 Å². The van der Waals surface area contributed by atoms with Gasteiger partial charge in [0.25, 0.3) is 0 Å². The van der Waals surface area contributed by atoms with Gasteiger partial charge in [-0.05, 0) is 33.6 Å². The maximum atomic E-state index is 14.1. The van der Waals surface area contributed by atoms with E-state index in [1.165, 1.54) is 20.8 Å². The van der Waals surface area contributed by atoms with Crippen molar-refractivity contribution in [1.29, 1.82) is 0 Å². The largest absolute Gasteiger partial charge is 0.500 e. The normalized spacial score (nSPS) is 15.3. The second-order valence-corrected chi connectivity index (χ2v) is 9.47. The van der Waals surface area contributed by atoms with Gasteiger partial charge in [-0.15, -0.1) is 0 Å². The number of halogens is 13. The van der Waals surface area contributed by atoms with Gasteiger partial charge < -0.3 is 13.3 Å². The number of unbranched alkanes of at least 4 members (excludes halogenated alkanes) is 1. The van der Waals surface area contributed by atoms with Gasteiger partial charge in [-0.3, -0.25) is 0 Å². The average Bonchev–Trinajstić information content (AvgIpc) is 2.58. The van der Waals surface area contributed by atoms with Crippen LogP contribution in [-0.4, -0.2) is 59.0 Å². The molecule has 0 aromatic heterocycles. The van der Waals surface area contributed by atoms with E-state index in [1.807, 2.05) is 0 Å². The molecule has 200 valence electrons. The highest BCUT2D eigenvalue weighted by Crippen LogP contribution is 2.67. The predicted molar refractivity (Wildman–Crippen MR) is 89.8 cm³/mol. The Kier molecular flexibility index (Phi) is 10.6. The zero-order chi connectivity index (χ0) is 26.6. The van der Waals surface area contributed by atoms with E-state index in [2.05, 4.69) is 0 Å². The average molecular weight is 538 g/mol. The SMILES string of the molecule is CCO[Si](CCCCC(C(F)(F)F)(C(F)(F)F)C(F)(F)C(F)(F)C(F)(F)F)(OCC)OCC. The summed E-state index contributed by atoms with van der Waals surface area (Å²) in [6.07, 6.45) is -26.9. The van der Waals surface area contributed by atoms with Crippen LogP contribution in [0.25, 0.3) is 0 Å². The Morgan fingerprint density at radius 1 is 0.515 bits per heavy atom. The number of rotatable bonds is 13. The molecule has 0 radical (unpaired) electrons. The van der Waals surface area contributed by atoms with E-state index in [0.717, 1.165) is 0 Å². The van der Waals surface area contributed by atoms with Crippen molar-refractivity contribution in [3.05, 3.63) is 0 Å². The standard InChI is InChI=1S/C16H23F13O3Si/c1-4-30-33(31-5-2,32-6-3)10-8-7-9-11(14(21,22)23,15(24,25)26)12(17,18)13(19,20)16(27,28)29/h4-10H2,1-3H3. The molecular weight excluding hydrogens is 515 g/mol. The second kappa shape index (κ2) is 10.8. The first-order valence-electron chi connectivity index (χ1n) is 9.51. The molecule has 0 aliphatic rings. The summed E-state index contributed by atoms with van der Waals surface area (Å²) < 4.78 is 188. The van der Waals surface area contributed by atoms with Crippen LogP contribution in [0.15, 0.2) is 0 Å². The molecule has 3 nitrogen and oxygen atoms in total. The molecule has 0 aliphatic carbocycles. The summed E-state index contributed by atoms with van der Waals surface area (Å²) in [6, 6.07) is -0.491. The summed E-state index contributed by atoms with van der Waals surface area (Å²) >= 11 is 0. The first kappa shape index (κ1) is 32.2. The van der Waals surface area contributed by atoms with Gasteiger partial charge in [0, 0.05) is 25.9 Å². The fourth-order valence-electron chi connectivity index (χ4n) is 3.14. The minimum atomic E-state index is -7.63. The lowest BCUT2D eigenvalue weighted by molar-refractivity contribution is -0.461. The van der Waals surface area contributed by atoms with Crippen molar-refractivity contribution in [2.24, 2.45) is 5.41 Å². The zero-order valence-electron chi connectivity index (χ0n) is 17.6. The molecule has 0 unspecified atom stereocenters. The van der Waals surface area contributed by atoms with Crippen molar-refractivity contribution in [3.8, 4) is 0 Å². The Hall–Kier alpha value is -0.813. The van der Waals surface area contributed by atoms with E-state index in [9.17, 15) is 57.1 Å². The van der Waals surface area contributed by atoms with Gasteiger partial charge in [0.2, 0.25) is 5.41 Å². The molecule has 0 atom stereocenters. The highest BCUT2D eigenvalue weighted by atomic mass is 28.4. The monoisotopic (exact) mass is 538 g/mol. The quantitative estimate of drug-likeness (QED) is 0.142. The van der Waals surface area contributed by atoms with Crippen LogP contribution < -0.4 is 0 Å². The summed E-state index contributed by atoms with van der Waals surface area (Å²) in [7, 11) is -3.67. The highest BCUT2D eigenvalue weighted by molar-refractivity contribution is 6.60. The zero-order valence-corrected chi connectivity index (χ0v) is 18.6. The van der Waals surface area contributed by atoms with E-state index in [0.29, 0.717) is 0 Å². The summed E-state index contributed by atoms with van der Waals surface area (Å²) in [5.41, 5.74) is -6.68. The highest BCUT2D eigenvalue weighted by Gasteiger charge is 2.91. The van der Waals surface area contributed by atoms with Gasteiger partial charge >= 0.3 is 39.2 Å². The number of hydrogen-bond acceptors (Lipinski definition) is 3. The molecule has 0 N–H and O–H groups in total. The summed E-state index contributed by atoms with van der Waals surface area (Å²) in [5.74, 6) is -15.2. The third kappa shape index (κ3) is 6.25. The van der Waals surface area contributed by atoms with Gasteiger partial charge in [0.05, 0.1) is 0 Å². The van der Waals surface area contributed by atoms with Crippen molar-refractivity contribution in [2.75, 3.05) is 19.8 Å². The van der Waals surface area contributed by atoms with Crippen LogP contribution in [0.3, 0.4) is 0 Å². The lowest BCUT2D eigenvalue weighted by Crippen LogP contribution is -2.70. The molecule has 0 rings (SSSR count). The van der Waals surface area contributed by atoms with E-state index < -0.39 is 69.9 Å². The fourth-order valence-corrected chi connectivity index (χ4v) is 5.82. The van der Waals surface area contributed by atoms with Crippen LogP contribution >= 0.6 is 0 Å². The predicted octanol–water partition coefficient (Wildman–Crippen LogP) is 7.15. The topological polar surface area (TPSA) is 27.7 Å². The number of hydrogen-bond donors (Lipinski definition) is 0.